The zero-order valence-electron chi connectivity index (χ0n) is 15.7. The van der Waals surface area contributed by atoms with Gasteiger partial charge in [-0.2, -0.15) is 0 Å². The van der Waals surface area contributed by atoms with Crippen LogP contribution in [0.15, 0.2) is 48.5 Å². The summed E-state index contributed by atoms with van der Waals surface area (Å²) in [6.45, 7) is 7.20. The van der Waals surface area contributed by atoms with Crippen LogP contribution in [-0.4, -0.2) is 37.0 Å². The summed E-state index contributed by atoms with van der Waals surface area (Å²) >= 11 is 0. The van der Waals surface area contributed by atoms with E-state index in [-0.39, 0.29) is 5.91 Å². The number of hydrogen-bond donors (Lipinski definition) is 1. The van der Waals surface area contributed by atoms with E-state index in [9.17, 15) is 4.79 Å². The third-order valence-corrected chi connectivity index (χ3v) is 4.96. The SMILES string of the molecule is Cc1ccc(NC(=O)CN2CCC(COc3ccccc3)CC2)c(C)c1. The molecule has 3 rings (SSSR count). The van der Waals surface area contributed by atoms with Gasteiger partial charge in [-0.15, -0.1) is 0 Å². The van der Waals surface area contributed by atoms with Crippen LogP contribution in [0.5, 0.6) is 5.75 Å². The van der Waals surface area contributed by atoms with Crippen LogP contribution in [0, 0.1) is 19.8 Å². The Bertz CT molecular complexity index is 722. The maximum Gasteiger partial charge on any atom is 0.238 e. The van der Waals surface area contributed by atoms with E-state index in [1.54, 1.807) is 0 Å². The lowest BCUT2D eigenvalue weighted by atomic mass is 9.98. The number of benzene rings is 2. The van der Waals surface area contributed by atoms with Crippen molar-refractivity contribution in [1.29, 1.82) is 0 Å². The molecule has 1 aliphatic rings. The van der Waals surface area contributed by atoms with Gasteiger partial charge in [0.15, 0.2) is 0 Å². The van der Waals surface area contributed by atoms with E-state index in [4.69, 9.17) is 4.74 Å². The highest BCUT2D eigenvalue weighted by Gasteiger charge is 2.21. The molecule has 0 aliphatic carbocycles. The summed E-state index contributed by atoms with van der Waals surface area (Å²) in [6.07, 6.45) is 2.15. The minimum Gasteiger partial charge on any atom is -0.493 e. The number of nitrogens with one attached hydrogen (secondary N) is 1. The second kappa shape index (κ2) is 8.86. The van der Waals surface area contributed by atoms with E-state index in [0.717, 1.165) is 49.5 Å². The third kappa shape index (κ3) is 5.33. The Balaban J connectivity index is 1.40. The van der Waals surface area contributed by atoms with Gasteiger partial charge in [0, 0.05) is 5.69 Å². The number of hydrogen-bond acceptors (Lipinski definition) is 3. The van der Waals surface area contributed by atoms with Crippen LogP contribution < -0.4 is 10.1 Å². The van der Waals surface area contributed by atoms with Crippen molar-refractivity contribution in [2.24, 2.45) is 5.92 Å². The predicted molar refractivity (Wildman–Crippen MR) is 106 cm³/mol. The number of aryl methyl sites for hydroxylation is 2. The van der Waals surface area contributed by atoms with Gasteiger partial charge in [0.25, 0.3) is 0 Å². The fraction of sp³-hybridized carbons (Fsp3) is 0.409. The molecule has 138 valence electrons. The molecule has 0 bridgehead atoms. The number of piperidine rings is 1. The Morgan fingerprint density at radius 1 is 1.12 bits per heavy atom. The highest BCUT2D eigenvalue weighted by atomic mass is 16.5. The zero-order valence-corrected chi connectivity index (χ0v) is 15.7. The van der Waals surface area contributed by atoms with E-state index in [1.807, 2.05) is 49.4 Å². The van der Waals surface area contributed by atoms with Crippen molar-refractivity contribution in [1.82, 2.24) is 4.90 Å². The molecule has 4 heteroatoms. The second-order valence-electron chi connectivity index (χ2n) is 7.21. The highest BCUT2D eigenvalue weighted by molar-refractivity contribution is 5.93. The molecule has 0 radical (unpaired) electrons. The lowest BCUT2D eigenvalue weighted by Gasteiger charge is -2.31. The van der Waals surface area contributed by atoms with E-state index in [2.05, 4.69) is 23.2 Å². The molecule has 1 saturated heterocycles. The zero-order chi connectivity index (χ0) is 18.4. The number of amides is 1. The standard InChI is InChI=1S/C22H28N2O2/c1-17-8-9-21(18(2)14-17)23-22(25)15-24-12-10-19(11-13-24)16-26-20-6-4-3-5-7-20/h3-9,14,19H,10-13,15-16H2,1-2H3,(H,23,25). The Hall–Kier alpha value is -2.33. The molecule has 1 amide bonds. The van der Waals surface area contributed by atoms with Gasteiger partial charge in [-0.3, -0.25) is 9.69 Å². The Morgan fingerprint density at radius 2 is 1.85 bits per heavy atom. The number of carbonyl (C=O) groups is 1. The van der Waals surface area contributed by atoms with Crippen molar-refractivity contribution in [2.45, 2.75) is 26.7 Å². The maximum atomic E-state index is 12.3. The van der Waals surface area contributed by atoms with Crippen LogP contribution in [0.2, 0.25) is 0 Å². The molecule has 2 aromatic carbocycles. The average Bonchev–Trinajstić information content (AvgIpc) is 2.64. The van der Waals surface area contributed by atoms with Gasteiger partial charge < -0.3 is 10.1 Å². The third-order valence-electron chi connectivity index (χ3n) is 4.96. The predicted octanol–water partition coefficient (Wildman–Crippen LogP) is 4.03. The number of para-hydroxylation sites is 1. The van der Waals surface area contributed by atoms with Gasteiger partial charge in [-0.1, -0.05) is 35.9 Å². The van der Waals surface area contributed by atoms with Crippen LogP contribution in [-0.2, 0) is 4.79 Å². The molecule has 1 heterocycles. The van der Waals surface area contributed by atoms with Gasteiger partial charge in [0.05, 0.1) is 13.2 Å². The summed E-state index contributed by atoms with van der Waals surface area (Å²) in [6, 6.07) is 16.1. The first-order chi connectivity index (χ1) is 12.6. The monoisotopic (exact) mass is 352 g/mol. The molecule has 26 heavy (non-hydrogen) atoms. The first-order valence-corrected chi connectivity index (χ1v) is 9.37. The molecule has 1 N–H and O–H groups in total. The van der Waals surface area contributed by atoms with Gasteiger partial charge in [-0.05, 0) is 69.5 Å². The number of likely N-dealkylation sites (tertiary alicyclic amines) is 1. The maximum absolute atomic E-state index is 12.3. The molecule has 0 spiro atoms. The van der Waals surface area contributed by atoms with E-state index >= 15 is 0 Å². The fourth-order valence-electron chi connectivity index (χ4n) is 3.39. The molecular weight excluding hydrogens is 324 g/mol. The van der Waals surface area contributed by atoms with Crippen molar-refractivity contribution in [2.75, 3.05) is 31.6 Å². The average molecular weight is 352 g/mol. The minimum absolute atomic E-state index is 0.0657. The fourth-order valence-corrected chi connectivity index (χ4v) is 3.39. The van der Waals surface area contributed by atoms with Crippen molar-refractivity contribution in [3.8, 4) is 5.75 Å². The van der Waals surface area contributed by atoms with Crippen LogP contribution in [0.4, 0.5) is 5.69 Å². The first kappa shape index (κ1) is 18.5. The van der Waals surface area contributed by atoms with Crippen molar-refractivity contribution in [3.63, 3.8) is 0 Å². The molecule has 2 aromatic rings. The molecular formula is C22H28N2O2. The van der Waals surface area contributed by atoms with E-state index in [1.165, 1.54) is 5.56 Å². The Morgan fingerprint density at radius 3 is 2.54 bits per heavy atom. The van der Waals surface area contributed by atoms with E-state index in [0.29, 0.717) is 12.5 Å². The number of anilines is 1. The van der Waals surface area contributed by atoms with Gasteiger partial charge in [0.1, 0.15) is 5.75 Å². The number of carbonyl (C=O) groups excluding carboxylic acids is 1. The summed E-state index contributed by atoms with van der Waals surface area (Å²) in [5, 5.41) is 3.04. The normalized spacial score (nSPS) is 15.6. The van der Waals surface area contributed by atoms with Crippen LogP contribution in [0.3, 0.4) is 0 Å². The topological polar surface area (TPSA) is 41.6 Å². The largest absolute Gasteiger partial charge is 0.493 e. The molecule has 0 aromatic heterocycles. The Labute approximate surface area is 156 Å². The molecule has 0 unspecified atom stereocenters. The smallest absolute Gasteiger partial charge is 0.238 e. The summed E-state index contributed by atoms with van der Waals surface area (Å²) < 4.78 is 5.87. The van der Waals surface area contributed by atoms with Crippen molar-refractivity contribution in [3.05, 3.63) is 59.7 Å². The van der Waals surface area contributed by atoms with Crippen molar-refractivity contribution < 1.29 is 9.53 Å². The summed E-state index contributed by atoms with van der Waals surface area (Å²) in [7, 11) is 0. The highest BCUT2D eigenvalue weighted by Crippen LogP contribution is 2.20. The number of rotatable bonds is 6. The molecule has 0 saturated carbocycles. The second-order valence-corrected chi connectivity index (χ2v) is 7.21. The van der Waals surface area contributed by atoms with Crippen LogP contribution in [0.25, 0.3) is 0 Å². The minimum atomic E-state index is 0.0657. The quantitative estimate of drug-likeness (QED) is 0.853. The summed E-state index contributed by atoms with van der Waals surface area (Å²) in [4.78, 5) is 14.6. The van der Waals surface area contributed by atoms with Gasteiger partial charge >= 0.3 is 0 Å². The van der Waals surface area contributed by atoms with Gasteiger partial charge in [-0.25, -0.2) is 0 Å². The number of ether oxygens (including phenoxy) is 1. The lowest BCUT2D eigenvalue weighted by Crippen LogP contribution is -2.40. The van der Waals surface area contributed by atoms with E-state index < -0.39 is 0 Å². The lowest BCUT2D eigenvalue weighted by molar-refractivity contribution is -0.117. The summed E-state index contributed by atoms with van der Waals surface area (Å²) in [5.74, 6) is 1.56. The van der Waals surface area contributed by atoms with Crippen molar-refractivity contribution >= 4 is 11.6 Å². The van der Waals surface area contributed by atoms with Crippen LogP contribution in [0.1, 0.15) is 24.0 Å². The Kier molecular flexibility index (Phi) is 6.29. The van der Waals surface area contributed by atoms with Crippen LogP contribution >= 0.6 is 0 Å². The summed E-state index contributed by atoms with van der Waals surface area (Å²) in [5.41, 5.74) is 3.22. The number of nitrogens with zero attached hydrogens (tertiary/aromatic N) is 1. The molecule has 4 nitrogen and oxygen atoms in total. The first-order valence-electron chi connectivity index (χ1n) is 9.37. The van der Waals surface area contributed by atoms with Gasteiger partial charge in [0.2, 0.25) is 5.91 Å². The molecule has 1 fully saturated rings. The molecule has 1 aliphatic heterocycles. The molecule has 0 atom stereocenters.